The van der Waals surface area contributed by atoms with Crippen LogP contribution in [-0.2, 0) is 4.74 Å². The highest BCUT2D eigenvalue weighted by Gasteiger charge is 2.08. The van der Waals surface area contributed by atoms with Crippen LogP contribution in [-0.4, -0.2) is 40.2 Å². The highest BCUT2D eigenvalue weighted by Crippen LogP contribution is 2.24. The molecule has 8 nitrogen and oxygen atoms in total. The number of anilines is 4. The van der Waals surface area contributed by atoms with Gasteiger partial charge in [0.1, 0.15) is 16.9 Å². The maximum atomic E-state index is 6.01. The van der Waals surface area contributed by atoms with Gasteiger partial charge < -0.3 is 21.1 Å². The molecule has 0 aliphatic carbocycles. The molecule has 0 aliphatic rings. The molecule has 0 radical (unpaired) electrons. The van der Waals surface area contributed by atoms with Gasteiger partial charge in [-0.05, 0) is 37.3 Å². The van der Waals surface area contributed by atoms with Gasteiger partial charge in [-0.1, -0.05) is 0 Å². The minimum absolute atomic E-state index is 0.149. The number of nitrogen functional groups attached to an aromatic ring is 1. The molecule has 0 saturated heterocycles. The van der Waals surface area contributed by atoms with Crippen LogP contribution < -0.4 is 16.4 Å². The molecule has 0 amide bonds. The Bertz CT molecular complexity index is 801. The Morgan fingerprint density at radius 1 is 1.22 bits per heavy atom. The first kappa shape index (κ1) is 15.0. The number of nitrogens with zero attached hydrogens (tertiary/aromatic N) is 3. The SMILES string of the molecule is COCC(C)Nc1ccc(N)c(Nc2ccc3n[nH]nc3c2)n1. The summed E-state index contributed by atoms with van der Waals surface area (Å²) < 4.78 is 5.11. The summed E-state index contributed by atoms with van der Waals surface area (Å²) in [6.45, 7) is 2.62. The van der Waals surface area contributed by atoms with Crippen LogP contribution in [0, 0.1) is 0 Å². The molecule has 2 heterocycles. The number of H-pyrrole nitrogens is 1. The van der Waals surface area contributed by atoms with E-state index in [1.54, 1.807) is 7.11 Å². The Balaban J connectivity index is 1.80. The van der Waals surface area contributed by atoms with Crippen molar-refractivity contribution in [1.82, 2.24) is 20.4 Å². The van der Waals surface area contributed by atoms with Crippen molar-refractivity contribution in [3.05, 3.63) is 30.3 Å². The Morgan fingerprint density at radius 2 is 2.04 bits per heavy atom. The van der Waals surface area contributed by atoms with Crippen LogP contribution in [0.2, 0.25) is 0 Å². The molecule has 120 valence electrons. The number of aromatic nitrogens is 4. The second-order valence-electron chi connectivity index (χ2n) is 5.29. The van der Waals surface area contributed by atoms with Gasteiger partial charge in [-0.2, -0.15) is 15.4 Å². The molecule has 8 heteroatoms. The van der Waals surface area contributed by atoms with Crippen molar-refractivity contribution in [2.75, 3.05) is 30.1 Å². The van der Waals surface area contributed by atoms with Crippen LogP contribution in [0.4, 0.5) is 23.0 Å². The highest BCUT2D eigenvalue weighted by atomic mass is 16.5. The van der Waals surface area contributed by atoms with Gasteiger partial charge in [-0.3, -0.25) is 0 Å². The summed E-state index contributed by atoms with van der Waals surface area (Å²) in [6.07, 6.45) is 0. The summed E-state index contributed by atoms with van der Waals surface area (Å²) >= 11 is 0. The van der Waals surface area contributed by atoms with E-state index in [0.717, 1.165) is 22.5 Å². The summed E-state index contributed by atoms with van der Waals surface area (Å²) in [7, 11) is 1.67. The van der Waals surface area contributed by atoms with E-state index in [1.165, 1.54) is 0 Å². The number of hydrogen-bond acceptors (Lipinski definition) is 7. The van der Waals surface area contributed by atoms with Gasteiger partial charge in [-0.25, -0.2) is 4.98 Å². The van der Waals surface area contributed by atoms with Crippen LogP contribution in [0.5, 0.6) is 0 Å². The minimum atomic E-state index is 0.149. The molecule has 1 atom stereocenters. The van der Waals surface area contributed by atoms with Crippen molar-refractivity contribution in [2.45, 2.75) is 13.0 Å². The van der Waals surface area contributed by atoms with E-state index in [4.69, 9.17) is 10.5 Å². The molecule has 0 saturated carbocycles. The van der Waals surface area contributed by atoms with E-state index in [2.05, 4.69) is 31.0 Å². The second-order valence-corrected chi connectivity index (χ2v) is 5.29. The molecule has 0 aliphatic heterocycles. The maximum absolute atomic E-state index is 6.01. The Labute approximate surface area is 133 Å². The number of pyridine rings is 1. The van der Waals surface area contributed by atoms with E-state index in [-0.39, 0.29) is 6.04 Å². The monoisotopic (exact) mass is 313 g/mol. The first-order valence-corrected chi connectivity index (χ1v) is 7.25. The number of hydrogen-bond donors (Lipinski definition) is 4. The molecule has 0 bridgehead atoms. The van der Waals surface area contributed by atoms with Gasteiger partial charge in [0.05, 0.1) is 12.3 Å². The Morgan fingerprint density at radius 3 is 2.87 bits per heavy atom. The molecule has 0 spiro atoms. The van der Waals surface area contributed by atoms with Gasteiger partial charge in [0.15, 0.2) is 5.82 Å². The fourth-order valence-corrected chi connectivity index (χ4v) is 2.25. The standard InChI is InChI=1S/C15H19N7O/c1-9(8-23-2)17-14-6-4-11(16)15(19-14)18-10-3-5-12-13(7-10)21-22-20-12/h3-7,9H,8,16H2,1-2H3,(H2,17,18,19)(H,20,21,22). The van der Waals surface area contributed by atoms with Gasteiger partial charge in [0.2, 0.25) is 0 Å². The van der Waals surface area contributed by atoms with Crippen LogP contribution in [0.1, 0.15) is 6.92 Å². The van der Waals surface area contributed by atoms with Crippen molar-refractivity contribution >= 4 is 34.0 Å². The number of methoxy groups -OCH3 is 1. The smallest absolute Gasteiger partial charge is 0.156 e. The molecule has 1 unspecified atom stereocenters. The van der Waals surface area contributed by atoms with E-state index >= 15 is 0 Å². The zero-order valence-corrected chi connectivity index (χ0v) is 13.0. The van der Waals surface area contributed by atoms with Gasteiger partial charge in [0, 0.05) is 18.8 Å². The number of fused-ring (bicyclic) bond motifs is 1. The number of nitrogens with one attached hydrogen (secondary N) is 3. The van der Waals surface area contributed by atoms with Crippen molar-refractivity contribution in [2.24, 2.45) is 0 Å². The average Bonchev–Trinajstić information content (AvgIpc) is 2.98. The number of rotatable bonds is 6. The molecule has 3 rings (SSSR count). The van der Waals surface area contributed by atoms with Crippen molar-refractivity contribution in [1.29, 1.82) is 0 Å². The normalized spacial score (nSPS) is 12.3. The largest absolute Gasteiger partial charge is 0.396 e. The molecule has 23 heavy (non-hydrogen) atoms. The van der Waals surface area contributed by atoms with Crippen molar-refractivity contribution in [3.63, 3.8) is 0 Å². The van der Waals surface area contributed by atoms with Gasteiger partial charge in [-0.15, -0.1) is 0 Å². The van der Waals surface area contributed by atoms with E-state index in [0.29, 0.717) is 18.1 Å². The second kappa shape index (κ2) is 6.49. The lowest BCUT2D eigenvalue weighted by atomic mass is 10.2. The van der Waals surface area contributed by atoms with Gasteiger partial charge in [0.25, 0.3) is 0 Å². The molecule has 0 fully saturated rings. The Hall–Kier alpha value is -2.87. The fraction of sp³-hybridized carbons (Fsp3) is 0.267. The fourth-order valence-electron chi connectivity index (χ4n) is 2.25. The molecular formula is C15H19N7O. The predicted octanol–water partition coefficient (Wildman–Crippen LogP) is 2.13. The summed E-state index contributed by atoms with van der Waals surface area (Å²) in [6, 6.07) is 9.46. The summed E-state index contributed by atoms with van der Waals surface area (Å²) in [4.78, 5) is 4.51. The highest BCUT2D eigenvalue weighted by molar-refractivity contribution is 5.80. The molecule has 3 aromatic rings. The molecule has 2 aromatic heterocycles. The number of benzene rings is 1. The van der Waals surface area contributed by atoms with Crippen molar-refractivity contribution in [3.8, 4) is 0 Å². The number of ether oxygens (including phenoxy) is 1. The van der Waals surface area contributed by atoms with Gasteiger partial charge >= 0.3 is 0 Å². The van der Waals surface area contributed by atoms with E-state index < -0.39 is 0 Å². The van der Waals surface area contributed by atoms with E-state index in [9.17, 15) is 0 Å². The average molecular weight is 313 g/mol. The van der Waals surface area contributed by atoms with E-state index in [1.807, 2.05) is 37.3 Å². The van der Waals surface area contributed by atoms with Crippen LogP contribution in [0.3, 0.4) is 0 Å². The number of nitrogens with two attached hydrogens (primary N) is 1. The quantitative estimate of drug-likeness (QED) is 0.551. The summed E-state index contributed by atoms with van der Waals surface area (Å²) in [5.74, 6) is 1.32. The maximum Gasteiger partial charge on any atom is 0.156 e. The molecular weight excluding hydrogens is 294 g/mol. The lowest BCUT2D eigenvalue weighted by Crippen LogP contribution is -2.21. The first-order chi connectivity index (χ1) is 11.2. The third-order valence-corrected chi connectivity index (χ3v) is 3.32. The molecule has 5 N–H and O–H groups in total. The topological polar surface area (TPSA) is 114 Å². The number of aromatic amines is 1. The summed E-state index contributed by atoms with van der Waals surface area (Å²) in [5, 5.41) is 17.2. The third-order valence-electron chi connectivity index (χ3n) is 3.32. The van der Waals surface area contributed by atoms with Crippen LogP contribution >= 0.6 is 0 Å². The van der Waals surface area contributed by atoms with Crippen LogP contribution in [0.25, 0.3) is 11.0 Å². The van der Waals surface area contributed by atoms with Crippen molar-refractivity contribution < 1.29 is 4.74 Å². The lowest BCUT2D eigenvalue weighted by Gasteiger charge is -2.15. The predicted molar refractivity (Wildman–Crippen MR) is 90.8 cm³/mol. The summed E-state index contributed by atoms with van der Waals surface area (Å²) in [5.41, 5.74) is 8.99. The lowest BCUT2D eigenvalue weighted by molar-refractivity contribution is 0.190. The zero-order valence-electron chi connectivity index (χ0n) is 13.0. The Kier molecular flexibility index (Phi) is 4.24. The zero-order chi connectivity index (χ0) is 16.2. The third kappa shape index (κ3) is 3.49. The first-order valence-electron chi connectivity index (χ1n) is 7.25. The molecule has 1 aromatic carbocycles. The minimum Gasteiger partial charge on any atom is -0.396 e. The van der Waals surface area contributed by atoms with Crippen LogP contribution in [0.15, 0.2) is 30.3 Å².